The fraction of sp³-hybridized carbons (Fsp3) is 0.500. The first kappa shape index (κ1) is 17.6. The molecule has 0 saturated heterocycles. The van der Waals surface area contributed by atoms with Gasteiger partial charge < -0.3 is 9.84 Å². The van der Waals surface area contributed by atoms with Crippen LogP contribution in [0.25, 0.3) is 0 Å². The van der Waals surface area contributed by atoms with Crippen LogP contribution in [-0.2, 0) is 19.6 Å². The van der Waals surface area contributed by atoms with Gasteiger partial charge in [0.15, 0.2) is 0 Å². The van der Waals surface area contributed by atoms with E-state index < -0.39 is 28.5 Å². The number of carbonyl (C=O) groups excluding carboxylic acids is 1. The summed E-state index contributed by atoms with van der Waals surface area (Å²) in [4.78, 5) is 22.3. The van der Waals surface area contributed by atoms with Crippen LogP contribution in [0.4, 0.5) is 0 Å². The average molecular weight is 335 g/mol. The number of sulfonamides is 1. The second kappa shape index (κ2) is 7.01. The van der Waals surface area contributed by atoms with Crippen LogP contribution < -0.4 is 0 Å². The van der Waals surface area contributed by atoms with E-state index in [4.69, 9.17) is 5.11 Å². The Labute approximate surface area is 127 Å². The maximum atomic E-state index is 12.6. The lowest BCUT2D eigenvalue weighted by Gasteiger charge is -2.20. The van der Waals surface area contributed by atoms with E-state index in [1.54, 1.807) is 13.8 Å². The Morgan fingerprint density at radius 3 is 2.52 bits per heavy atom. The molecule has 118 valence electrons. The number of methoxy groups -OCH3 is 1. The van der Waals surface area contributed by atoms with E-state index in [0.29, 0.717) is 12.0 Å². The minimum absolute atomic E-state index is 0.0403. The number of hydrogen-bond acceptors (Lipinski definition) is 6. The topological polar surface area (TPSA) is 101 Å². The van der Waals surface area contributed by atoms with Crippen molar-refractivity contribution < 1.29 is 27.9 Å². The molecular weight excluding hydrogens is 318 g/mol. The smallest absolute Gasteiger partial charge is 0.349 e. The zero-order valence-corrected chi connectivity index (χ0v) is 13.6. The Morgan fingerprint density at radius 1 is 1.43 bits per heavy atom. The number of ether oxygens (including phenoxy) is 1. The van der Waals surface area contributed by atoms with Crippen LogP contribution in [0, 0.1) is 6.92 Å². The lowest BCUT2D eigenvalue weighted by Crippen LogP contribution is -2.37. The van der Waals surface area contributed by atoms with Gasteiger partial charge in [-0.2, -0.15) is 4.31 Å². The molecule has 1 heterocycles. The first-order valence-corrected chi connectivity index (χ1v) is 8.46. The molecule has 0 radical (unpaired) electrons. The van der Waals surface area contributed by atoms with Crippen LogP contribution in [-0.4, -0.2) is 50.0 Å². The SMILES string of the molecule is CCCN(CC(=O)O)S(=O)(=O)c1c(C)csc1C(=O)OC. The zero-order chi connectivity index (χ0) is 16.2. The Bertz CT molecular complexity index is 634. The van der Waals surface area contributed by atoms with Crippen molar-refractivity contribution in [2.24, 2.45) is 0 Å². The molecule has 9 heteroatoms. The molecule has 1 rings (SSSR count). The van der Waals surface area contributed by atoms with Crippen molar-refractivity contribution in [3.8, 4) is 0 Å². The molecule has 1 N–H and O–H groups in total. The second-order valence-corrected chi connectivity index (χ2v) is 7.06. The molecule has 0 aromatic carbocycles. The summed E-state index contributed by atoms with van der Waals surface area (Å²) < 4.78 is 30.7. The van der Waals surface area contributed by atoms with E-state index >= 15 is 0 Å². The summed E-state index contributed by atoms with van der Waals surface area (Å²) in [6.45, 7) is 2.71. The number of aryl methyl sites for hydroxylation is 1. The number of carboxylic acids is 1. The number of rotatable bonds is 7. The van der Waals surface area contributed by atoms with Crippen LogP contribution >= 0.6 is 11.3 Å². The lowest BCUT2D eigenvalue weighted by atomic mass is 10.3. The monoisotopic (exact) mass is 335 g/mol. The third-order valence-corrected chi connectivity index (χ3v) is 5.91. The van der Waals surface area contributed by atoms with Gasteiger partial charge in [-0.25, -0.2) is 13.2 Å². The molecule has 0 unspecified atom stereocenters. The molecular formula is C12H17NO6S2. The Balaban J connectivity index is 3.37. The van der Waals surface area contributed by atoms with Gasteiger partial charge in [0.05, 0.1) is 7.11 Å². The highest BCUT2D eigenvalue weighted by Crippen LogP contribution is 2.30. The van der Waals surface area contributed by atoms with Gasteiger partial charge in [-0.3, -0.25) is 4.79 Å². The molecule has 1 aromatic rings. The fourth-order valence-corrected chi connectivity index (χ4v) is 4.94. The van der Waals surface area contributed by atoms with Crippen molar-refractivity contribution in [3.05, 3.63) is 15.8 Å². The van der Waals surface area contributed by atoms with Crippen molar-refractivity contribution in [2.45, 2.75) is 25.2 Å². The maximum absolute atomic E-state index is 12.6. The number of esters is 1. The molecule has 7 nitrogen and oxygen atoms in total. The molecule has 0 fully saturated rings. The summed E-state index contributed by atoms with van der Waals surface area (Å²) >= 11 is 0.962. The normalized spacial score (nSPS) is 11.6. The molecule has 0 bridgehead atoms. The van der Waals surface area contributed by atoms with Crippen LogP contribution in [0.2, 0.25) is 0 Å². The van der Waals surface area contributed by atoms with E-state index in [0.717, 1.165) is 22.8 Å². The summed E-state index contributed by atoms with van der Waals surface area (Å²) in [6, 6.07) is 0. The van der Waals surface area contributed by atoms with Gasteiger partial charge >= 0.3 is 11.9 Å². The summed E-state index contributed by atoms with van der Waals surface area (Å²) in [7, 11) is -2.91. The number of nitrogens with zero attached hydrogens (tertiary/aromatic N) is 1. The van der Waals surface area contributed by atoms with Crippen molar-refractivity contribution in [1.29, 1.82) is 0 Å². The van der Waals surface area contributed by atoms with Gasteiger partial charge in [-0.1, -0.05) is 6.92 Å². The highest BCUT2D eigenvalue weighted by Gasteiger charge is 2.33. The number of thiophene rings is 1. The first-order chi connectivity index (χ1) is 9.75. The predicted molar refractivity (Wildman–Crippen MR) is 77.1 cm³/mol. The molecule has 0 aliphatic carbocycles. The highest BCUT2D eigenvalue weighted by atomic mass is 32.2. The molecule has 0 aliphatic heterocycles. The third kappa shape index (κ3) is 3.80. The molecule has 21 heavy (non-hydrogen) atoms. The zero-order valence-electron chi connectivity index (χ0n) is 12.0. The van der Waals surface area contributed by atoms with Gasteiger partial charge in [0.1, 0.15) is 16.3 Å². The number of carbonyl (C=O) groups is 2. The first-order valence-electron chi connectivity index (χ1n) is 6.14. The van der Waals surface area contributed by atoms with Crippen LogP contribution in [0.1, 0.15) is 28.6 Å². The quantitative estimate of drug-likeness (QED) is 0.754. The molecule has 0 amide bonds. The average Bonchev–Trinajstić information content (AvgIpc) is 2.79. The summed E-state index contributed by atoms with van der Waals surface area (Å²) in [5, 5.41) is 10.4. The van der Waals surface area contributed by atoms with Crippen molar-refractivity contribution >= 4 is 33.3 Å². The molecule has 0 atom stereocenters. The maximum Gasteiger partial charge on any atom is 0.349 e. The van der Waals surface area contributed by atoms with Gasteiger partial charge in [-0.05, 0) is 24.3 Å². The second-order valence-electron chi connectivity index (χ2n) is 4.30. The van der Waals surface area contributed by atoms with Gasteiger partial charge in [-0.15, -0.1) is 11.3 Å². The third-order valence-electron chi connectivity index (χ3n) is 2.67. The summed E-state index contributed by atoms with van der Waals surface area (Å²) in [5.41, 5.74) is 0.395. The Morgan fingerprint density at radius 2 is 2.05 bits per heavy atom. The number of aliphatic carboxylic acids is 1. The Kier molecular flexibility index (Phi) is 5.87. The van der Waals surface area contributed by atoms with E-state index in [-0.39, 0.29) is 16.3 Å². The van der Waals surface area contributed by atoms with Gasteiger partial charge in [0, 0.05) is 6.54 Å². The molecule has 0 spiro atoms. The largest absolute Gasteiger partial charge is 0.480 e. The minimum Gasteiger partial charge on any atom is -0.480 e. The van der Waals surface area contributed by atoms with Crippen LogP contribution in [0.5, 0.6) is 0 Å². The van der Waals surface area contributed by atoms with Gasteiger partial charge in [0.2, 0.25) is 10.0 Å². The lowest BCUT2D eigenvalue weighted by molar-refractivity contribution is -0.137. The summed E-state index contributed by atoms with van der Waals surface area (Å²) in [6.07, 6.45) is 0.462. The Hall–Kier alpha value is -1.45. The standard InChI is InChI=1S/C12H17NO6S2/c1-4-5-13(6-9(14)15)21(17,18)11-8(2)7-20-10(11)12(16)19-3/h7H,4-6H2,1-3H3,(H,14,15). The van der Waals surface area contributed by atoms with E-state index in [1.807, 2.05) is 0 Å². The van der Waals surface area contributed by atoms with Crippen molar-refractivity contribution in [1.82, 2.24) is 4.31 Å². The number of carboxylic acid groups (broad SMARTS) is 1. The number of hydrogen-bond donors (Lipinski definition) is 1. The van der Waals surface area contributed by atoms with Crippen LogP contribution in [0.15, 0.2) is 10.3 Å². The van der Waals surface area contributed by atoms with Gasteiger partial charge in [0.25, 0.3) is 0 Å². The van der Waals surface area contributed by atoms with Crippen molar-refractivity contribution in [2.75, 3.05) is 20.2 Å². The molecule has 0 saturated carbocycles. The van der Waals surface area contributed by atoms with E-state index in [9.17, 15) is 18.0 Å². The van der Waals surface area contributed by atoms with E-state index in [2.05, 4.69) is 4.74 Å². The fourth-order valence-electron chi connectivity index (χ4n) is 1.80. The highest BCUT2D eigenvalue weighted by molar-refractivity contribution is 7.89. The minimum atomic E-state index is -4.07. The predicted octanol–water partition coefficient (Wildman–Crippen LogP) is 1.33. The molecule has 0 aliphatic rings. The van der Waals surface area contributed by atoms with E-state index in [1.165, 1.54) is 5.38 Å². The molecule has 1 aromatic heterocycles. The summed E-state index contributed by atoms with van der Waals surface area (Å²) in [5.74, 6) is -2.00. The van der Waals surface area contributed by atoms with Crippen molar-refractivity contribution in [3.63, 3.8) is 0 Å². The van der Waals surface area contributed by atoms with Crippen LogP contribution in [0.3, 0.4) is 0 Å².